The van der Waals surface area contributed by atoms with Gasteiger partial charge in [-0.1, -0.05) is 83.4 Å². The number of carboxylic acids is 1. The number of hydrogen-bond acceptors (Lipinski definition) is 9. The molecule has 7 unspecified atom stereocenters. The summed E-state index contributed by atoms with van der Waals surface area (Å²) < 4.78 is 11.4. The van der Waals surface area contributed by atoms with Crippen LogP contribution in [0.2, 0.25) is 0 Å². The molecule has 1 saturated heterocycles. The topological polar surface area (TPSA) is 187 Å². The molecule has 51 heavy (non-hydrogen) atoms. The molecule has 1 fully saturated rings. The fourth-order valence-corrected chi connectivity index (χ4v) is 5.90. The van der Waals surface area contributed by atoms with Crippen LogP contribution < -0.4 is 16.0 Å². The van der Waals surface area contributed by atoms with E-state index in [9.17, 15) is 29.1 Å². The number of carbonyl (C=O) groups excluding carboxylic acids is 4. The van der Waals surface area contributed by atoms with E-state index < -0.39 is 61.1 Å². The molecular formula is C37H65N5O9. The van der Waals surface area contributed by atoms with Gasteiger partial charge in [0.15, 0.2) is 0 Å². The quantitative estimate of drug-likeness (QED) is 0.150. The zero-order valence-corrected chi connectivity index (χ0v) is 32.4. The molecule has 0 bridgehead atoms. The third kappa shape index (κ3) is 16.5. The summed E-state index contributed by atoms with van der Waals surface area (Å²) in [4.78, 5) is 65.5. The van der Waals surface area contributed by atoms with Crippen LogP contribution in [0, 0.1) is 18.8 Å². The lowest BCUT2D eigenvalue weighted by molar-refractivity contribution is -0.146. The minimum absolute atomic E-state index is 0.0195. The molecule has 0 radical (unpaired) electrons. The van der Waals surface area contributed by atoms with Crippen molar-refractivity contribution >= 4 is 29.6 Å². The average molecular weight is 724 g/mol. The van der Waals surface area contributed by atoms with Crippen molar-refractivity contribution in [3.05, 3.63) is 35.9 Å². The van der Waals surface area contributed by atoms with Gasteiger partial charge in [-0.05, 0) is 32.7 Å². The van der Waals surface area contributed by atoms with Gasteiger partial charge < -0.3 is 45.4 Å². The van der Waals surface area contributed by atoms with Gasteiger partial charge in [0.25, 0.3) is 0 Å². The summed E-state index contributed by atoms with van der Waals surface area (Å²) in [5, 5.41) is 25.7. The minimum Gasteiger partial charge on any atom is -0.480 e. The van der Waals surface area contributed by atoms with E-state index in [0.717, 1.165) is 0 Å². The molecule has 2 rings (SSSR count). The van der Waals surface area contributed by atoms with Crippen LogP contribution in [-0.4, -0.2) is 135 Å². The van der Waals surface area contributed by atoms with E-state index in [0.29, 0.717) is 25.8 Å². The first kappa shape index (κ1) is 47.4. The highest BCUT2D eigenvalue weighted by Gasteiger charge is 2.42. The minimum atomic E-state index is -1.16. The number of nitrogens with zero attached hydrogens (tertiary/aromatic N) is 2. The molecule has 292 valence electrons. The molecule has 7 atom stereocenters. The van der Waals surface area contributed by atoms with Crippen molar-refractivity contribution < 1.29 is 43.7 Å². The van der Waals surface area contributed by atoms with Gasteiger partial charge in [-0.25, -0.2) is 0 Å². The molecule has 1 aromatic carbocycles. The lowest BCUT2D eigenvalue weighted by Gasteiger charge is -2.39. The van der Waals surface area contributed by atoms with Crippen molar-refractivity contribution in [2.24, 2.45) is 11.8 Å². The number of likely N-dealkylation sites (N-methyl/N-ethyl adjacent to an activating group) is 2. The molecule has 0 saturated carbocycles. The fraction of sp³-hybridized carbons (Fsp3) is 0.703. The zero-order chi connectivity index (χ0) is 39.1. The maximum Gasteiger partial charge on any atom is 0.322 e. The third-order valence-corrected chi connectivity index (χ3v) is 8.92. The molecule has 1 aromatic rings. The highest BCUT2D eigenvalue weighted by molar-refractivity contribution is 5.87. The Bertz CT molecular complexity index is 1170. The van der Waals surface area contributed by atoms with Crippen LogP contribution in [0.5, 0.6) is 0 Å². The first-order valence-electron chi connectivity index (χ1n) is 17.9. The lowest BCUT2D eigenvalue weighted by Crippen LogP contribution is -2.55. The molecule has 14 nitrogen and oxygen atoms in total. The first-order valence-corrected chi connectivity index (χ1v) is 17.9. The van der Waals surface area contributed by atoms with Crippen LogP contribution in [-0.2, 0) is 33.4 Å². The first-order chi connectivity index (χ1) is 24.2. The average Bonchev–Trinajstić information content (AvgIpc) is 3.60. The number of carboxylic acid groups (broad SMARTS) is 1. The second-order valence-electron chi connectivity index (χ2n) is 12.9. The van der Waals surface area contributed by atoms with Gasteiger partial charge in [0.05, 0.1) is 49.8 Å². The summed E-state index contributed by atoms with van der Waals surface area (Å²) in [5.41, 5.74) is 1.32. The van der Waals surface area contributed by atoms with Gasteiger partial charge in [0.1, 0.15) is 12.6 Å². The largest absolute Gasteiger partial charge is 0.480 e. The van der Waals surface area contributed by atoms with E-state index in [1.165, 1.54) is 38.2 Å². The zero-order valence-electron chi connectivity index (χ0n) is 32.4. The Kier molecular flexibility index (Phi) is 24.4. The SMILES string of the molecule is CCC.CCC(C)C(C(CC(=O)N1CCCC1C(OC)C(C)C(=O)NCC(=O)O)OC)N(C)C(=O)CNC(=O)C(CO)NC.Cc1ccccc1. The number of likely N-dealkylation sites (tertiary alicyclic amines) is 1. The van der Waals surface area contributed by atoms with E-state index in [-0.39, 0.29) is 36.7 Å². The van der Waals surface area contributed by atoms with E-state index in [2.05, 4.69) is 48.9 Å². The molecular weight excluding hydrogens is 658 g/mol. The third-order valence-electron chi connectivity index (χ3n) is 8.92. The van der Waals surface area contributed by atoms with Crippen molar-refractivity contribution in [1.29, 1.82) is 0 Å². The van der Waals surface area contributed by atoms with Gasteiger partial charge in [0.2, 0.25) is 23.6 Å². The van der Waals surface area contributed by atoms with E-state index in [1.54, 1.807) is 18.9 Å². The van der Waals surface area contributed by atoms with Crippen molar-refractivity contribution in [1.82, 2.24) is 25.8 Å². The molecule has 4 amide bonds. The number of ether oxygens (including phenoxy) is 2. The van der Waals surface area contributed by atoms with Gasteiger partial charge in [-0.3, -0.25) is 24.0 Å². The highest BCUT2D eigenvalue weighted by atomic mass is 16.5. The van der Waals surface area contributed by atoms with Crippen molar-refractivity contribution in [3.63, 3.8) is 0 Å². The van der Waals surface area contributed by atoms with Gasteiger partial charge >= 0.3 is 5.97 Å². The predicted octanol–water partition coefficient (Wildman–Crippen LogP) is 2.22. The van der Waals surface area contributed by atoms with Gasteiger partial charge in [0, 0.05) is 27.8 Å². The van der Waals surface area contributed by atoms with Crippen LogP contribution in [0.3, 0.4) is 0 Å². The van der Waals surface area contributed by atoms with E-state index >= 15 is 0 Å². The van der Waals surface area contributed by atoms with Crippen LogP contribution in [0.25, 0.3) is 0 Å². The van der Waals surface area contributed by atoms with E-state index in [4.69, 9.17) is 14.6 Å². The Morgan fingerprint density at radius 1 is 0.980 bits per heavy atom. The molecule has 1 heterocycles. The monoisotopic (exact) mass is 723 g/mol. The smallest absolute Gasteiger partial charge is 0.322 e. The number of aliphatic hydroxyl groups excluding tert-OH is 1. The predicted molar refractivity (Wildman–Crippen MR) is 197 cm³/mol. The Morgan fingerprint density at radius 3 is 2.02 bits per heavy atom. The molecule has 0 aliphatic carbocycles. The van der Waals surface area contributed by atoms with E-state index in [1.807, 2.05) is 32.0 Å². The standard InChI is InChI=1S/C27H49N5O9.C7H8.C3H8/c1-8-16(2)24(31(5)22(35)13-29-27(39)18(15-33)28-4)20(40-6)12-21(34)32-11-9-10-19(32)25(41-7)17(3)26(38)30-14-23(36)37;1-7-5-3-2-4-6-7;1-3-2/h16-20,24-25,28,33H,8-15H2,1-7H3,(H,29,39)(H,30,38)(H,36,37);2-6H,1H3;3H2,1-2H3. The summed E-state index contributed by atoms with van der Waals surface area (Å²) >= 11 is 0. The number of rotatable bonds is 18. The van der Waals surface area contributed by atoms with Crippen molar-refractivity contribution in [2.45, 2.75) is 104 Å². The number of methoxy groups -OCH3 is 2. The van der Waals surface area contributed by atoms with Crippen LogP contribution in [0.4, 0.5) is 0 Å². The molecule has 5 N–H and O–H groups in total. The molecule has 0 spiro atoms. The highest BCUT2D eigenvalue weighted by Crippen LogP contribution is 2.29. The molecule has 14 heteroatoms. The fourth-order valence-electron chi connectivity index (χ4n) is 5.90. The van der Waals surface area contributed by atoms with Crippen LogP contribution >= 0.6 is 0 Å². The van der Waals surface area contributed by atoms with Gasteiger partial charge in [-0.2, -0.15) is 0 Å². The maximum absolute atomic E-state index is 13.6. The second kappa shape index (κ2) is 26.2. The van der Waals surface area contributed by atoms with Crippen LogP contribution in [0.15, 0.2) is 30.3 Å². The lowest BCUT2D eigenvalue weighted by atomic mass is 9.90. The molecule has 1 aliphatic rings. The normalized spacial score (nSPS) is 17.2. The Morgan fingerprint density at radius 2 is 1.57 bits per heavy atom. The molecule has 1 aliphatic heterocycles. The number of carbonyl (C=O) groups is 5. The number of aryl methyl sites for hydroxylation is 1. The Balaban J connectivity index is 0.00000215. The number of benzene rings is 1. The summed E-state index contributed by atoms with van der Waals surface area (Å²) in [6, 6.07) is 8.56. The number of hydrogen-bond donors (Lipinski definition) is 5. The summed E-state index contributed by atoms with van der Waals surface area (Å²) in [6.07, 6.45) is 1.97. The Labute approximate surface area is 305 Å². The number of aliphatic hydroxyl groups is 1. The number of aliphatic carboxylic acids is 1. The van der Waals surface area contributed by atoms with Gasteiger partial charge in [-0.15, -0.1) is 0 Å². The van der Waals surface area contributed by atoms with Crippen molar-refractivity contribution in [2.75, 3.05) is 54.6 Å². The maximum atomic E-state index is 13.6. The summed E-state index contributed by atoms with van der Waals surface area (Å²) in [6.45, 7) is 11.2. The number of nitrogens with one attached hydrogen (secondary N) is 3. The molecule has 0 aromatic heterocycles. The Hall–Kier alpha value is -3.59. The van der Waals surface area contributed by atoms with Crippen LogP contribution in [0.1, 0.15) is 72.3 Å². The van der Waals surface area contributed by atoms with Crippen molar-refractivity contribution in [3.8, 4) is 0 Å². The number of amides is 4. The summed E-state index contributed by atoms with van der Waals surface area (Å²) in [7, 11) is 6.09. The summed E-state index contributed by atoms with van der Waals surface area (Å²) in [5.74, 6) is -3.45. The second-order valence-corrected chi connectivity index (χ2v) is 12.9.